The first kappa shape index (κ1) is 18.7. The van der Waals surface area contributed by atoms with Crippen molar-refractivity contribution >= 4 is 10.1 Å². The largest absolute Gasteiger partial charge is 0.385 e. The summed E-state index contributed by atoms with van der Waals surface area (Å²) in [6, 6.07) is 6.11. The van der Waals surface area contributed by atoms with Crippen LogP contribution >= 0.6 is 0 Å². The second-order valence-corrected chi connectivity index (χ2v) is 8.25. The Morgan fingerprint density at radius 1 is 1.20 bits per heavy atom. The highest BCUT2D eigenvalue weighted by molar-refractivity contribution is 7.86. The summed E-state index contributed by atoms with van der Waals surface area (Å²) < 4.78 is 46.8. The number of ether oxygens (including phenoxy) is 3. The van der Waals surface area contributed by atoms with Gasteiger partial charge >= 0.3 is 0 Å². The summed E-state index contributed by atoms with van der Waals surface area (Å²) in [5.74, 6) is -0.998. The second-order valence-electron chi connectivity index (χ2n) is 6.68. The van der Waals surface area contributed by atoms with Crippen LogP contribution < -0.4 is 0 Å². The molecule has 9 heteroatoms. The lowest BCUT2D eigenvalue weighted by atomic mass is 9.97. The fraction of sp³-hybridized carbons (Fsp3) is 0.625. The van der Waals surface area contributed by atoms with E-state index in [1.54, 1.807) is 26.0 Å². The molecule has 0 spiro atoms. The molecule has 3 rings (SSSR count). The van der Waals surface area contributed by atoms with Crippen molar-refractivity contribution in [3.8, 4) is 0 Å². The maximum atomic E-state index is 12.6. The van der Waals surface area contributed by atoms with Crippen LogP contribution in [0.4, 0.5) is 0 Å². The Bertz CT molecular complexity index is 714. The maximum Gasteiger partial charge on any atom is 0.297 e. The maximum absolute atomic E-state index is 12.6. The normalized spacial score (nSPS) is 35.2. The first-order valence-electron chi connectivity index (χ1n) is 7.92. The van der Waals surface area contributed by atoms with Crippen molar-refractivity contribution in [1.82, 2.24) is 0 Å². The SMILES string of the molecule is Cc1ccc(S(=O)(=O)O[C@@H]2[C@H](O)[C@@H](O)O[C@@H]3COC(C)(C)O[C@@H]23)cc1. The predicted molar refractivity (Wildman–Crippen MR) is 85.0 cm³/mol. The molecule has 2 heterocycles. The molecular formula is C16H22O8S. The number of benzene rings is 1. The third kappa shape index (κ3) is 3.87. The molecular weight excluding hydrogens is 352 g/mol. The van der Waals surface area contributed by atoms with Crippen molar-refractivity contribution in [3.05, 3.63) is 29.8 Å². The van der Waals surface area contributed by atoms with E-state index in [0.29, 0.717) is 0 Å². The van der Waals surface area contributed by atoms with Gasteiger partial charge < -0.3 is 24.4 Å². The molecule has 140 valence electrons. The van der Waals surface area contributed by atoms with Crippen molar-refractivity contribution in [2.75, 3.05) is 6.61 Å². The molecule has 2 saturated heterocycles. The van der Waals surface area contributed by atoms with E-state index in [1.165, 1.54) is 12.1 Å². The number of aliphatic hydroxyl groups excluding tert-OH is 2. The van der Waals surface area contributed by atoms with Gasteiger partial charge in [0, 0.05) is 0 Å². The lowest BCUT2D eigenvalue weighted by Crippen LogP contribution is -2.65. The van der Waals surface area contributed by atoms with Crippen molar-refractivity contribution in [1.29, 1.82) is 0 Å². The Morgan fingerprint density at radius 3 is 2.48 bits per heavy atom. The Labute approximate surface area is 146 Å². The van der Waals surface area contributed by atoms with E-state index in [-0.39, 0.29) is 11.5 Å². The third-order valence-corrected chi connectivity index (χ3v) is 5.52. The molecule has 0 amide bonds. The molecule has 0 bridgehead atoms. The van der Waals surface area contributed by atoms with Crippen LogP contribution in [-0.2, 0) is 28.5 Å². The quantitative estimate of drug-likeness (QED) is 0.727. The molecule has 0 radical (unpaired) electrons. The average molecular weight is 374 g/mol. The van der Waals surface area contributed by atoms with Gasteiger partial charge in [-0.15, -0.1) is 0 Å². The van der Waals surface area contributed by atoms with E-state index in [4.69, 9.17) is 18.4 Å². The molecule has 2 aliphatic heterocycles. The minimum Gasteiger partial charge on any atom is -0.385 e. The Hall–Kier alpha value is -1.07. The monoisotopic (exact) mass is 374 g/mol. The molecule has 2 N–H and O–H groups in total. The summed E-state index contributed by atoms with van der Waals surface area (Å²) in [6.07, 6.45) is -6.20. The van der Waals surface area contributed by atoms with Crippen LogP contribution in [0.5, 0.6) is 0 Å². The molecule has 0 saturated carbocycles. The molecule has 2 fully saturated rings. The zero-order valence-electron chi connectivity index (χ0n) is 14.2. The van der Waals surface area contributed by atoms with Crippen molar-refractivity contribution in [3.63, 3.8) is 0 Å². The van der Waals surface area contributed by atoms with Gasteiger partial charge in [-0.25, -0.2) is 0 Å². The van der Waals surface area contributed by atoms with Crippen LogP contribution in [-0.4, -0.2) is 61.7 Å². The summed E-state index contributed by atoms with van der Waals surface area (Å²) in [5, 5.41) is 20.1. The number of hydrogen-bond acceptors (Lipinski definition) is 8. The van der Waals surface area contributed by atoms with E-state index in [1.807, 2.05) is 6.92 Å². The van der Waals surface area contributed by atoms with Crippen LogP contribution in [0.15, 0.2) is 29.2 Å². The summed E-state index contributed by atoms with van der Waals surface area (Å²) in [4.78, 5) is -0.0471. The third-order valence-electron chi connectivity index (χ3n) is 4.20. The topological polar surface area (TPSA) is 112 Å². The molecule has 0 aromatic heterocycles. The first-order valence-corrected chi connectivity index (χ1v) is 9.33. The van der Waals surface area contributed by atoms with Crippen LogP contribution in [0, 0.1) is 6.92 Å². The Balaban J connectivity index is 1.88. The van der Waals surface area contributed by atoms with Crippen LogP contribution in [0.25, 0.3) is 0 Å². The minimum atomic E-state index is -4.17. The number of rotatable bonds is 3. The van der Waals surface area contributed by atoms with E-state index in [9.17, 15) is 18.6 Å². The van der Waals surface area contributed by atoms with Gasteiger partial charge in [-0.2, -0.15) is 8.42 Å². The molecule has 8 nitrogen and oxygen atoms in total. The van der Waals surface area contributed by atoms with Crippen molar-refractivity contribution in [2.24, 2.45) is 0 Å². The number of aryl methyl sites for hydroxylation is 1. The van der Waals surface area contributed by atoms with Gasteiger partial charge in [0.15, 0.2) is 12.1 Å². The molecule has 5 atom stereocenters. The highest BCUT2D eigenvalue weighted by Gasteiger charge is 2.52. The fourth-order valence-corrected chi connectivity index (χ4v) is 3.94. The van der Waals surface area contributed by atoms with Crippen molar-refractivity contribution < 1.29 is 37.0 Å². The summed E-state index contributed by atoms with van der Waals surface area (Å²) >= 11 is 0. The minimum absolute atomic E-state index is 0.0471. The Morgan fingerprint density at radius 2 is 1.84 bits per heavy atom. The highest BCUT2D eigenvalue weighted by Crippen LogP contribution is 2.34. The van der Waals surface area contributed by atoms with E-state index >= 15 is 0 Å². The van der Waals surface area contributed by atoms with Gasteiger partial charge in [0.05, 0.1) is 11.5 Å². The van der Waals surface area contributed by atoms with Gasteiger partial charge in [0.2, 0.25) is 0 Å². The molecule has 25 heavy (non-hydrogen) atoms. The lowest BCUT2D eigenvalue weighted by Gasteiger charge is -2.48. The van der Waals surface area contributed by atoms with E-state index in [0.717, 1.165) is 5.56 Å². The summed E-state index contributed by atoms with van der Waals surface area (Å²) in [7, 11) is -4.17. The zero-order valence-corrected chi connectivity index (χ0v) is 15.0. The zero-order chi connectivity index (χ0) is 18.4. The molecule has 1 aromatic carbocycles. The number of aliphatic hydroxyl groups is 2. The predicted octanol–water partition coefficient (Wildman–Crippen LogP) is 0.299. The van der Waals surface area contributed by atoms with E-state index in [2.05, 4.69) is 0 Å². The summed E-state index contributed by atoms with van der Waals surface area (Å²) in [6.45, 7) is 5.22. The van der Waals surface area contributed by atoms with Crippen LogP contribution in [0.1, 0.15) is 19.4 Å². The molecule has 1 aromatic rings. The molecule has 2 aliphatic rings. The fourth-order valence-electron chi connectivity index (χ4n) is 2.85. The second kappa shape index (κ2) is 6.58. The van der Waals surface area contributed by atoms with Gasteiger partial charge in [0.25, 0.3) is 10.1 Å². The van der Waals surface area contributed by atoms with Gasteiger partial charge in [-0.05, 0) is 32.9 Å². The van der Waals surface area contributed by atoms with E-state index < -0.39 is 46.6 Å². The Kier molecular flexibility index (Phi) is 4.93. The standard InChI is InChI=1S/C16H22O8S/c1-9-4-6-10(7-5-9)25(19,20)24-14-12(17)15(18)22-11-8-21-16(2,3)23-13(11)14/h4-7,11-15,17-18H,8H2,1-3H3/t11-,12+,13-,14-,15+/m1/s1. The van der Waals surface area contributed by atoms with Crippen LogP contribution in [0.2, 0.25) is 0 Å². The first-order chi connectivity index (χ1) is 11.6. The molecule has 0 unspecified atom stereocenters. The number of hydrogen-bond donors (Lipinski definition) is 2. The van der Waals surface area contributed by atoms with Crippen molar-refractivity contribution in [2.45, 2.75) is 62.2 Å². The lowest BCUT2D eigenvalue weighted by molar-refractivity contribution is -0.374. The highest BCUT2D eigenvalue weighted by atomic mass is 32.2. The number of fused-ring (bicyclic) bond motifs is 1. The molecule has 0 aliphatic carbocycles. The summed E-state index contributed by atoms with van der Waals surface area (Å²) in [5.41, 5.74) is 0.898. The average Bonchev–Trinajstić information content (AvgIpc) is 2.53. The van der Waals surface area contributed by atoms with Crippen LogP contribution in [0.3, 0.4) is 0 Å². The van der Waals surface area contributed by atoms with Gasteiger partial charge in [0.1, 0.15) is 24.4 Å². The van der Waals surface area contributed by atoms with Gasteiger partial charge in [-0.3, -0.25) is 4.18 Å². The smallest absolute Gasteiger partial charge is 0.297 e. The van der Waals surface area contributed by atoms with Gasteiger partial charge in [-0.1, -0.05) is 17.7 Å².